The number of para-hydroxylation sites is 1. The maximum Gasteiger partial charge on any atom is 0.322 e. The van der Waals surface area contributed by atoms with Gasteiger partial charge in [0.25, 0.3) is 0 Å². The van der Waals surface area contributed by atoms with Crippen LogP contribution in [0.5, 0.6) is 0 Å². The molecule has 2 aromatic carbocycles. The molecule has 1 unspecified atom stereocenters. The molecule has 0 radical (unpaired) electrons. The summed E-state index contributed by atoms with van der Waals surface area (Å²) in [5.74, 6) is -0.0360. The highest BCUT2D eigenvalue weighted by Crippen LogP contribution is 2.25. The molecule has 250 valence electrons. The van der Waals surface area contributed by atoms with E-state index < -0.39 is 6.04 Å². The van der Waals surface area contributed by atoms with Gasteiger partial charge in [0.05, 0.1) is 5.52 Å². The minimum absolute atomic E-state index is 0.0360. The molecule has 1 atom stereocenters. The third kappa shape index (κ3) is 7.05. The maximum atomic E-state index is 14.1. The van der Waals surface area contributed by atoms with E-state index in [0.717, 1.165) is 73.3 Å². The average molecular weight is 643 g/mol. The lowest BCUT2D eigenvalue weighted by Crippen LogP contribution is -2.58. The van der Waals surface area contributed by atoms with Crippen molar-refractivity contribution in [1.29, 1.82) is 0 Å². The van der Waals surface area contributed by atoms with Crippen molar-refractivity contribution >= 4 is 34.7 Å². The van der Waals surface area contributed by atoms with Crippen LogP contribution in [-0.4, -0.2) is 142 Å². The highest BCUT2D eigenvalue weighted by atomic mass is 16.2. The molecule has 7 rings (SSSR count). The number of anilines is 1. The summed E-state index contributed by atoms with van der Waals surface area (Å²) in [6, 6.07) is 13.3. The highest BCUT2D eigenvalue weighted by molar-refractivity contribution is 5.91. The zero-order valence-corrected chi connectivity index (χ0v) is 27.2. The first-order valence-electron chi connectivity index (χ1n) is 17.1. The number of amides is 5. The molecule has 3 aromatic rings. The number of aromatic amines is 1. The Bertz CT molecular complexity index is 1570. The Kier molecular flexibility index (Phi) is 9.25. The first-order valence-corrected chi connectivity index (χ1v) is 17.1. The summed E-state index contributed by atoms with van der Waals surface area (Å²) >= 11 is 0. The van der Waals surface area contributed by atoms with Crippen LogP contribution in [0.1, 0.15) is 36.8 Å². The summed E-state index contributed by atoms with van der Waals surface area (Å²) in [7, 11) is 2.17. The van der Waals surface area contributed by atoms with E-state index in [2.05, 4.69) is 49.0 Å². The van der Waals surface area contributed by atoms with E-state index in [0.29, 0.717) is 58.0 Å². The van der Waals surface area contributed by atoms with Crippen molar-refractivity contribution in [2.24, 2.45) is 0 Å². The van der Waals surface area contributed by atoms with Crippen LogP contribution in [-0.2, 0) is 17.6 Å². The Hall–Kier alpha value is -4.23. The summed E-state index contributed by atoms with van der Waals surface area (Å²) in [6.07, 6.45) is 4.45. The molecule has 0 saturated carbocycles. The van der Waals surface area contributed by atoms with Gasteiger partial charge in [-0.05, 0) is 68.5 Å². The lowest BCUT2D eigenvalue weighted by molar-refractivity contribution is -0.135. The highest BCUT2D eigenvalue weighted by Gasteiger charge is 2.35. The second-order valence-electron chi connectivity index (χ2n) is 13.5. The first kappa shape index (κ1) is 31.4. The number of piperidine rings is 2. The van der Waals surface area contributed by atoms with Crippen molar-refractivity contribution in [2.45, 2.75) is 56.7 Å². The predicted octanol–water partition coefficient (Wildman–Crippen LogP) is 2.37. The Morgan fingerprint density at radius 3 is 2.40 bits per heavy atom. The van der Waals surface area contributed by atoms with Crippen LogP contribution >= 0.6 is 0 Å². The van der Waals surface area contributed by atoms with E-state index >= 15 is 0 Å². The van der Waals surface area contributed by atoms with Gasteiger partial charge in [0.1, 0.15) is 11.6 Å². The fourth-order valence-corrected chi connectivity index (χ4v) is 7.67. The van der Waals surface area contributed by atoms with E-state index in [-0.39, 0.29) is 24.0 Å². The zero-order chi connectivity index (χ0) is 32.3. The number of hydrogen-bond acceptors (Lipinski definition) is 7. The van der Waals surface area contributed by atoms with Crippen molar-refractivity contribution in [2.75, 3.05) is 71.3 Å². The second kappa shape index (κ2) is 13.9. The smallest absolute Gasteiger partial charge is 0.322 e. The van der Waals surface area contributed by atoms with Gasteiger partial charge in [0.15, 0.2) is 0 Å². The van der Waals surface area contributed by atoms with E-state index in [1.807, 2.05) is 46.2 Å². The standard InChI is InChI=1S/C34H46N10O3/c1-40-18-20-41(21-19-40)26-9-13-42(14-10-26)32(45)31(23-24-6-7-29-30(22-24)38-39-37-29)36-33(46)43-15-11-27(12-16-43)44-17-8-25-4-2-3-5-28(25)35-34(44)47/h2-7,22,26-27,31H,8-21,23H2,1H3,(H,35,47)(H,36,46)(H,37,38,39). The molecule has 13 nitrogen and oxygen atoms in total. The number of piperazine rings is 1. The normalized spacial score (nSPS) is 21.3. The van der Waals surface area contributed by atoms with Crippen molar-refractivity contribution < 1.29 is 14.4 Å². The summed E-state index contributed by atoms with van der Waals surface area (Å²) < 4.78 is 0. The number of hydrogen-bond donors (Lipinski definition) is 3. The largest absolute Gasteiger partial charge is 0.341 e. The Labute approximate surface area is 275 Å². The lowest BCUT2D eigenvalue weighted by atomic mass is 9.99. The van der Waals surface area contributed by atoms with Gasteiger partial charge in [-0.15, -0.1) is 5.10 Å². The molecule has 0 aliphatic carbocycles. The number of benzene rings is 2. The minimum Gasteiger partial charge on any atom is -0.341 e. The van der Waals surface area contributed by atoms with Gasteiger partial charge in [-0.3, -0.25) is 14.8 Å². The molecule has 0 bridgehead atoms. The van der Waals surface area contributed by atoms with Crippen molar-refractivity contribution in [3.63, 3.8) is 0 Å². The fourth-order valence-electron chi connectivity index (χ4n) is 7.67. The third-order valence-corrected chi connectivity index (χ3v) is 10.6. The molecule has 13 heteroatoms. The van der Waals surface area contributed by atoms with Crippen molar-refractivity contribution in [1.82, 2.24) is 45.2 Å². The zero-order valence-electron chi connectivity index (χ0n) is 27.2. The van der Waals surface area contributed by atoms with Gasteiger partial charge in [-0.2, -0.15) is 0 Å². The van der Waals surface area contributed by atoms with Gasteiger partial charge in [0, 0.05) is 83.1 Å². The van der Waals surface area contributed by atoms with Gasteiger partial charge in [-0.1, -0.05) is 29.5 Å². The van der Waals surface area contributed by atoms with Gasteiger partial charge >= 0.3 is 12.1 Å². The number of nitrogens with zero attached hydrogens (tertiary/aromatic N) is 7. The van der Waals surface area contributed by atoms with Crippen LogP contribution < -0.4 is 10.6 Å². The van der Waals surface area contributed by atoms with Gasteiger partial charge < -0.3 is 30.2 Å². The Morgan fingerprint density at radius 2 is 1.62 bits per heavy atom. The number of fused-ring (bicyclic) bond motifs is 2. The van der Waals surface area contributed by atoms with Crippen LogP contribution in [0.15, 0.2) is 42.5 Å². The topological polar surface area (TPSA) is 133 Å². The molecule has 4 aliphatic rings. The van der Waals surface area contributed by atoms with Gasteiger partial charge in [0.2, 0.25) is 5.91 Å². The molecule has 5 amide bonds. The average Bonchev–Trinajstić information content (AvgIpc) is 3.50. The summed E-state index contributed by atoms with van der Waals surface area (Å²) in [5, 5.41) is 17.1. The predicted molar refractivity (Wildman–Crippen MR) is 179 cm³/mol. The van der Waals surface area contributed by atoms with Crippen LogP contribution in [0, 0.1) is 0 Å². The summed E-state index contributed by atoms with van der Waals surface area (Å²) in [4.78, 5) is 51.5. The van der Waals surface area contributed by atoms with Crippen LogP contribution in [0.3, 0.4) is 0 Å². The monoisotopic (exact) mass is 642 g/mol. The molecule has 1 aromatic heterocycles. The summed E-state index contributed by atoms with van der Waals surface area (Å²) in [6.45, 7) is 7.40. The molecule has 3 N–H and O–H groups in total. The number of aromatic nitrogens is 3. The van der Waals surface area contributed by atoms with E-state index in [1.165, 1.54) is 0 Å². The molecule has 3 fully saturated rings. The van der Waals surface area contributed by atoms with Crippen molar-refractivity contribution in [3.8, 4) is 0 Å². The van der Waals surface area contributed by atoms with Gasteiger partial charge in [-0.25, -0.2) is 9.59 Å². The first-order chi connectivity index (χ1) is 22.9. The number of nitrogens with one attached hydrogen (secondary N) is 3. The molecule has 3 saturated heterocycles. The van der Waals surface area contributed by atoms with Crippen LogP contribution in [0.4, 0.5) is 15.3 Å². The molecule has 4 aliphatic heterocycles. The van der Waals surface area contributed by atoms with Crippen LogP contribution in [0.25, 0.3) is 11.0 Å². The number of likely N-dealkylation sites (tertiary alicyclic amines) is 2. The van der Waals surface area contributed by atoms with Crippen LogP contribution in [0.2, 0.25) is 0 Å². The molecule has 0 spiro atoms. The SMILES string of the molecule is CN1CCN(C2CCN(C(=O)C(Cc3ccc4[nH]nnc4c3)NC(=O)N3CCC(N4CCc5ccccc5NC4=O)CC3)CC2)CC1. The lowest BCUT2D eigenvalue weighted by Gasteiger charge is -2.42. The third-order valence-electron chi connectivity index (χ3n) is 10.6. The number of carbonyl (C=O) groups excluding carboxylic acids is 3. The Morgan fingerprint density at radius 1 is 0.894 bits per heavy atom. The Balaban J connectivity index is 0.981. The molecular weight excluding hydrogens is 596 g/mol. The van der Waals surface area contributed by atoms with E-state index in [4.69, 9.17) is 0 Å². The number of H-pyrrole nitrogens is 1. The van der Waals surface area contributed by atoms with E-state index in [9.17, 15) is 14.4 Å². The number of urea groups is 2. The van der Waals surface area contributed by atoms with E-state index in [1.54, 1.807) is 4.90 Å². The minimum atomic E-state index is -0.695. The molecular formula is C34H46N10O3. The van der Waals surface area contributed by atoms with Crippen molar-refractivity contribution in [3.05, 3.63) is 53.6 Å². The number of rotatable bonds is 6. The second-order valence-corrected chi connectivity index (χ2v) is 13.5. The fraction of sp³-hybridized carbons (Fsp3) is 0.559. The molecule has 5 heterocycles. The maximum absolute atomic E-state index is 14.1. The quantitative estimate of drug-likeness (QED) is 0.376. The number of likely N-dealkylation sites (N-methyl/N-ethyl adjacent to an activating group) is 1. The molecule has 47 heavy (non-hydrogen) atoms. The summed E-state index contributed by atoms with van der Waals surface area (Å²) in [5.41, 5.74) is 4.50. The number of carbonyl (C=O) groups is 3.